The van der Waals surface area contributed by atoms with Crippen LogP contribution in [0.5, 0.6) is 0 Å². The number of hydrogen-bond donors (Lipinski definition) is 0. The average molecular weight is 657 g/mol. The highest BCUT2D eigenvalue weighted by atomic mass is 15.6. The predicted octanol–water partition coefficient (Wildman–Crippen LogP) is 7.87. The molecule has 2 fully saturated rings. The third-order valence-electron chi connectivity index (χ3n) is 11.4. The van der Waals surface area contributed by atoms with Gasteiger partial charge in [0.1, 0.15) is 12.2 Å². The molecular formula is C41H52N8. The molecule has 0 N–H and O–H groups in total. The molecule has 0 amide bonds. The van der Waals surface area contributed by atoms with Crippen LogP contribution in [0.3, 0.4) is 0 Å². The summed E-state index contributed by atoms with van der Waals surface area (Å²) in [5.41, 5.74) is 8.10. The molecule has 4 aromatic rings. The van der Waals surface area contributed by atoms with E-state index in [0.717, 1.165) is 63.5 Å². The predicted molar refractivity (Wildman–Crippen MR) is 202 cm³/mol. The number of aromatic nitrogens is 3. The molecule has 1 saturated carbocycles. The summed E-state index contributed by atoms with van der Waals surface area (Å²) < 4.78 is 0. The van der Waals surface area contributed by atoms with E-state index in [1.807, 2.05) is 16.1 Å². The first-order chi connectivity index (χ1) is 23.9. The van der Waals surface area contributed by atoms with Crippen LogP contribution in [0.2, 0.25) is 0 Å². The third kappa shape index (κ3) is 7.10. The quantitative estimate of drug-likeness (QED) is 0.155. The van der Waals surface area contributed by atoms with E-state index in [0.29, 0.717) is 12.0 Å². The van der Waals surface area contributed by atoms with Crippen molar-refractivity contribution in [3.8, 4) is 0 Å². The Hall–Kier alpha value is -4.59. The second-order valence-electron chi connectivity index (χ2n) is 14.3. The molecule has 1 aromatic heterocycles. The Balaban J connectivity index is 0.904. The van der Waals surface area contributed by atoms with Crippen LogP contribution in [-0.4, -0.2) is 58.6 Å². The number of rotatable bonds is 12. The highest BCUT2D eigenvalue weighted by Gasteiger charge is 2.41. The first-order valence-corrected chi connectivity index (χ1v) is 18.4. The normalized spacial score (nSPS) is 21.6. The molecule has 3 aromatic carbocycles. The fraction of sp³-hybridized carbons (Fsp3) is 0.439. The van der Waals surface area contributed by atoms with Crippen molar-refractivity contribution in [3.63, 3.8) is 0 Å². The Kier molecular flexibility index (Phi) is 9.74. The summed E-state index contributed by atoms with van der Waals surface area (Å²) in [6, 6.07) is 27.9. The molecule has 7 rings (SSSR count). The molecular weight excluding hydrogens is 605 g/mol. The SMILES string of the molecule is C=C1N(c2ccc(N3CCN(c4ccc(CCC5CCC(Cn6nccn6)(c6ccc(CC)cc6)C5)cc4)CC3)cc2)C=NN1C(C)CC. The molecule has 8 nitrogen and oxygen atoms in total. The average Bonchev–Trinajstić information content (AvgIpc) is 3.92. The molecule has 0 radical (unpaired) electrons. The first kappa shape index (κ1) is 32.9. The number of anilines is 3. The Morgan fingerprint density at radius 2 is 1.39 bits per heavy atom. The van der Waals surface area contributed by atoms with Crippen LogP contribution in [0.1, 0.15) is 69.6 Å². The van der Waals surface area contributed by atoms with E-state index >= 15 is 0 Å². The van der Waals surface area contributed by atoms with Crippen molar-refractivity contribution < 1.29 is 0 Å². The Labute approximate surface area is 292 Å². The van der Waals surface area contributed by atoms with Gasteiger partial charge >= 0.3 is 0 Å². The highest BCUT2D eigenvalue weighted by Crippen LogP contribution is 2.47. The Bertz CT molecular complexity index is 1690. The second kappa shape index (κ2) is 14.5. The van der Waals surface area contributed by atoms with Crippen molar-refractivity contribution in [1.82, 2.24) is 20.0 Å². The number of nitrogens with zero attached hydrogens (tertiary/aromatic N) is 8. The number of aryl methyl sites for hydroxylation is 2. The van der Waals surface area contributed by atoms with Gasteiger partial charge in [0, 0.05) is 48.7 Å². The summed E-state index contributed by atoms with van der Waals surface area (Å²) in [4.78, 5) is 9.00. The van der Waals surface area contributed by atoms with Crippen LogP contribution in [0, 0.1) is 5.92 Å². The monoisotopic (exact) mass is 656 g/mol. The zero-order valence-electron chi connectivity index (χ0n) is 29.6. The summed E-state index contributed by atoms with van der Waals surface area (Å²) in [6.07, 6.45) is 13.6. The summed E-state index contributed by atoms with van der Waals surface area (Å²) >= 11 is 0. The smallest absolute Gasteiger partial charge is 0.128 e. The van der Waals surface area contributed by atoms with Gasteiger partial charge in [-0.05, 0) is 111 Å². The van der Waals surface area contributed by atoms with Crippen molar-refractivity contribution >= 4 is 23.4 Å². The number of hydrazone groups is 1. The topological polar surface area (TPSA) is 56.0 Å². The zero-order chi connectivity index (χ0) is 33.8. The van der Waals surface area contributed by atoms with E-state index in [1.165, 1.54) is 53.7 Å². The van der Waals surface area contributed by atoms with E-state index in [-0.39, 0.29) is 5.41 Å². The van der Waals surface area contributed by atoms with Crippen LogP contribution in [0.25, 0.3) is 0 Å². The molecule has 1 saturated heterocycles. The van der Waals surface area contributed by atoms with E-state index in [9.17, 15) is 0 Å². The fourth-order valence-electron chi connectivity index (χ4n) is 8.07. The van der Waals surface area contributed by atoms with E-state index < -0.39 is 0 Å². The molecule has 0 bridgehead atoms. The van der Waals surface area contributed by atoms with Gasteiger partial charge in [0.2, 0.25) is 0 Å². The van der Waals surface area contributed by atoms with Crippen molar-refractivity contribution in [3.05, 3.63) is 114 Å². The first-order valence-electron chi connectivity index (χ1n) is 18.4. The Morgan fingerprint density at radius 3 is 2.00 bits per heavy atom. The van der Waals surface area contributed by atoms with Crippen molar-refractivity contribution in [1.29, 1.82) is 0 Å². The molecule has 8 heteroatoms. The minimum absolute atomic E-state index is 0.108. The largest absolute Gasteiger partial charge is 0.368 e. The lowest BCUT2D eigenvalue weighted by molar-refractivity contribution is 0.286. The minimum Gasteiger partial charge on any atom is -0.368 e. The van der Waals surface area contributed by atoms with Gasteiger partial charge in [0.25, 0.3) is 0 Å². The summed E-state index contributed by atoms with van der Waals surface area (Å²) in [5, 5.41) is 15.6. The molecule has 256 valence electrons. The molecule has 0 spiro atoms. The maximum atomic E-state index is 4.57. The van der Waals surface area contributed by atoms with Crippen molar-refractivity contribution in [2.75, 3.05) is 40.9 Å². The summed E-state index contributed by atoms with van der Waals surface area (Å²) in [7, 11) is 0. The summed E-state index contributed by atoms with van der Waals surface area (Å²) in [6.45, 7) is 15.8. The lowest BCUT2D eigenvalue weighted by Crippen LogP contribution is -2.46. The molecule has 3 unspecified atom stereocenters. The van der Waals surface area contributed by atoms with Gasteiger partial charge < -0.3 is 9.80 Å². The Morgan fingerprint density at radius 1 is 0.796 bits per heavy atom. The van der Waals surface area contributed by atoms with Gasteiger partial charge in [-0.25, -0.2) is 5.01 Å². The molecule has 3 atom stereocenters. The summed E-state index contributed by atoms with van der Waals surface area (Å²) in [5.74, 6) is 1.62. The maximum absolute atomic E-state index is 4.57. The number of piperazine rings is 1. The number of hydrogen-bond acceptors (Lipinski definition) is 7. The van der Waals surface area contributed by atoms with Gasteiger partial charge in [-0.3, -0.25) is 4.90 Å². The number of benzene rings is 3. The van der Waals surface area contributed by atoms with Crippen LogP contribution in [0.4, 0.5) is 17.1 Å². The van der Waals surface area contributed by atoms with Crippen molar-refractivity contribution in [2.24, 2.45) is 11.0 Å². The van der Waals surface area contributed by atoms with Gasteiger partial charge in [0.05, 0.1) is 25.0 Å². The molecule has 1 aliphatic carbocycles. The zero-order valence-corrected chi connectivity index (χ0v) is 29.6. The fourth-order valence-corrected chi connectivity index (χ4v) is 8.07. The molecule has 3 aliphatic rings. The highest BCUT2D eigenvalue weighted by molar-refractivity contribution is 5.85. The van der Waals surface area contributed by atoms with E-state index in [2.05, 4.69) is 130 Å². The molecule has 2 aliphatic heterocycles. The van der Waals surface area contributed by atoms with Crippen LogP contribution in [-0.2, 0) is 24.8 Å². The van der Waals surface area contributed by atoms with Gasteiger partial charge in [-0.15, -0.1) is 0 Å². The molecule has 49 heavy (non-hydrogen) atoms. The lowest BCUT2D eigenvalue weighted by atomic mass is 9.77. The van der Waals surface area contributed by atoms with Crippen LogP contribution >= 0.6 is 0 Å². The van der Waals surface area contributed by atoms with Crippen molar-refractivity contribution in [2.45, 2.75) is 83.7 Å². The van der Waals surface area contributed by atoms with Crippen LogP contribution < -0.4 is 14.7 Å². The van der Waals surface area contributed by atoms with Crippen LogP contribution in [0.15, 0.2) is 103 Å². The second-order valence-corrected chi connectivity index (χ2v) is 14.3. The van der Waals surface area contributed by atoms with Gasteiger partial charge in [-0.1, -0.05) is 56.8 Å². The van der Waals surface area contributed by atoms with E-state index in [1.54, 1.807) is 12.4 Å². The third-order valence-corrected chi connectivity index (χ3v) is 11.4. The maximum Gasteiger partial charge on any atom is 0.128 e. The molecule has 3 heterocycles. The van der Waals surface area contributed by atoms with Gasteiger partial charge in [-0.2, -0.15) is 20.1 Å². The standard InChI is InChI=1S/C41H52N8/c1-5-32(3)49-33(4)47(31-44-49)40-19-17-39(18-20-40)46-27-25-45(26-28-46)38-15-11-35(12-16-38)7-8-36-21-22-41(29-36,30-48-42-23-24-43-48)37-13-9-34(6-2)10-14-37/h9-20,23-24,31-32,36H,4-8,21-22,25-30H2,1-3H3. The minimum atomic E-state index is 0.108. The lowest BCUT2D eigenvalue weighted by Gasteiger charge is -2.37. The van der Waals surface area contributed by atoms with E-state index in [4.69, 9.17) is 0 Å². The van der Waals surface area contributed by atoms with Gasteiger partial charge in [0.15, 0.2) is 0 Å².